The summed E-state index contributed by atoms with van der Waals surface area (Å²) in [7, 11) is 0. The van der Waals surface area contributed by atoms with E-state index in [1.807, 2.05) is 13.8 Å². The van der Waals surface area contributed by atoms with Crippen LogP contribution in [0.15, 0.2) is 21.3 Å². The molecule has 1 aromatic heterocycles. The van der Waals surface area contributed by atoms with E-state index < -0.39 is 34.3 Å². The molecule has 1 aliphatic rings. The Kier molecular flexibility index (Phi) is 5.64. The Hall–Kier alpha value is -2.51. The van der Waals surface area contributed by atoms with Crippen molar-refractivity contribution in [2.45, 2.75) is 59.7 Å². The number of hydrogen-bond donors (Lipinski definition) is 0. The quantitative estimate of drug-likeness (QED) is 0.501. The van der Waals surface area contributed by atoms with Crippen LogP contribution in [0.1, 0.15) is 62.5 Å². The van der Waals surface area contributed by atoms with E-state index in [1.54, 1.807) is 26.8 Å². The third-order valence-electron chi connectivity index (χ3n) is 5.27. The average molecular weight is 425 g/mol. The van der Waals surface area contributed by atoms with Crippen LogP contribution in [0.25, 0.3) is 11.0 Å². The lowest BCUT2D eigenvalue weighted by Gasteiger charge is -2.36. The summed E-state index contributed by atoms with van der Waals surface area (Å²) in [5, 5.41) is -0.297. The van der Waals surface area contributed by atoms with Gasteiger partial charge in [0.1, 0.15) is 5.58 Å². The van der Waals surface area contributed by atoms with E-state index in [0.717, 1.165) is 12.1 Å². The zero-order chi connectivity index (χ0) is 22.4. The van der Waals surface area contributed by atoms with Gasteiger partial charge in [-0.1, -0.05) is 20.8 Å². The Morgan fingerprint density at radius 3 is 2.50 bits per heavy atom. The summed E-state index contributed by atoms with van der Waals surface area (Å²) in [6.45, 7) is 9.84. The van der Waals surface area contributed by atoms with Crippen LogP contribution in [0.4, 0.5) is 18.9 Å². The molecule has 164 valence electrons. The van der Waals surface area contributed by atoms with Crippen LogP contribution in [0, 0.1) is 5.41 Å². The fourth-order valence-corrected chi connectivity index (χ4v) is 3.88. The third kappa shape index (κ3) is 4.04. The number of rotatable bonds is 3. The minimum absolute atomic E-state index is 0.109. The normalized spacial score (nSPS) is 17.2. The third-order valence-corrected chi connectivity index (χ3v) is 5.27. The van der Waals surface area contributed by atoms with Gasteiger partial charge < -0.3 is 14.1 Å². The van der Waals surface area contributed by atoms with Gasteiger partial charge in [-0.25, -0.2) is 9.59 Å². The molecule has 1 aromatic carbocycles. The summed E-state index contributed by atoms with van der Waals surface area (Å²) < 4.78 is 52.4. The van der Waals surface area contributed by atoms with E-state index in [1.165, 1.54) is 6.07 Å². The molecule has 0 spiro atoms. The maximum atomic E-state index is 14.0. The number of esters is 1. The highest BCUT2D eigenvalue weighted by molar-refractivity contribution is 5.98. The maximum absolute atomic E-state index is 14.0. The van der Waals surface area contributed by atoms with Crippen LogP contribution in [0.2, 0.25) is 0 Å². The Morgan fingerprint density at radius 1 is 1.27 bits per heavy atom. The highest BCUT2D eigenvalue weighted by Gasteiger charge is 2.42. The van der Waals surface area contributed by atoms with Gasteiger partial charge in [-0.15, -0.1) is 0 Å². The highest BCUT2D eigenvalue weighted by atomic mass is 19.4. The van der Waals surface area contributed by atoms with Crippen LogP contribution >= 0.6 is 0 Å². The Balaban J connectivity index is 2.26. The van der Waals surface area contributed by atoms with Gasteiger partial charge in [-0.2, -0.15) is 13.2 Å². The molecule has 0 N–H and O–H groups in total. The van der Waals surface area contributed by atoms with Crippen molar-refractivity contribution in [3.8, 4) is 0 Å². The van der Waals surface area contributed by atoms with Crippen LogP contribution < -0.4 is 10.5 Å². The number of alkyl halides is 3. The first-order chi connectivity index (χ1) is 13.8. The van der Waals surface area contributed by atoms with E-state index >= 15 is 0 Å². The van der Waals surface area contributed by atoms with Gasteiger partial charge in [-0.05, 0) is 44.2 Å². The number of fused-ring (bicyclic) bond motifs is 3. The topological polar surface area (TPSA) is 59.8 Å². The summed E-state index contributed by atoms with van der Waals surface area (Å²) in [6.07, 6.45) is -3.72. The standard InChI is InChI=1S/C22H26F3NO4/c1-6-26-12(2)7-8-13-15(26)10-9-14-17(22(23,24)25)16(20(28)30-18(13)14)19(27)29-11-21(3,4)5/h9-10,12H,6-8,11H2,1-5H3. The van der Waals surface area contributed by atoms with Crippen molar-refractivity contribution in [1.29, 1.82) is 0 Å². The Morgan fingerprint density at radius 2 is 1.93 bits per heavy atom. The van der Waals surface area contributed by atoms with E-state index in [0.29, 0.717) is 18.5 Å². The van der Waals surface area contributed by atoms with Crippen molar-refractivity contribution in [3.05, 3.63) is 39.2 Å². The first kappa shape index (κ1) is 22.2. The molecule has 2 heterocycles. The molecule has 1 atom stereocenters. The number of carbonyl (C=O) groups excluding carboxylic acids is 1. The summed E-state index contributed by atoms with van der Waals surface area (Å²) >= 11 is 0. The van der Waals surface area contributed by atoms with Crippen molar-refractivity contribution in [3.63, 3.8) is 0 Å². The van der Waals surface area contributed by atoms with Gasteiger partial charge >= 0.3 is 17.8 Å². The lowest BCUT2D eigenvalue weighted by molar-refractivity contribution is -0.137. The van der Waals surface area contributed by atoms with E-state index in [9.17, 15) is 22.8 Å². The molecule has 0 amide bonds. The smallest absolute Gasteiger partial charge is 0.418 e. The molecule has 0 fully saturated rings. The molecule has 0 saturated heterocycles. The van der Waals surface area contributed by atoms with Crippen molar-refractivity contribution in [2.75, 3.05) is 18.1 Å². The Bertz CT molecular complexity index is 1030. The molecule has 1 aliphatic heterocycles. The minimum Gasteiger partial charge on any atom is -0.461 e. The number of halogens is 3. The number of aryl methyl sites for hydroxylation is 1. The number of benzene rings is 1. The number of ether oxygens (including phenoxy) is 1. The maximum Gasteiger partial charge on any atom is 0.418 e. The molecule has 1 unspecified atom stereocenters. The van der Waals surface area contributed by atoms with E-state index in [4.69, 9.17) is 9.15 Å². The average Bonchev–Trinajstić information content (AvgIpc) is 2.63. The SMILES string of the molecule is CCN1c2ccc3c(C(F)(F)F)c(C(=O)OCC(C)(C)C)c(=O)oc3c2CCC1C. The van der Waals surface area contributed by atoms with Crippen molar-refractivity contribution in [2.24, 2.45) is 5.41 Å². The van der Waals surface area contributed by atoms with Gasteiger partial charge in [-0.3, -0.25) is 0 Å². The molecule has 0 aliphatic carbocycles. The molecule has 8 heteroatoms. The van der Waals surface area contributed by atoms with Crippen LogP contribution in [-0.4, -0.2) is 25.2 Å². The predicted molar refractivity (Wildman–Crippen MR) is 108 cm³/mol. The van der Waals surface area contributed by atoms with E-state index in [-0.39, 0.29) is 23.6 Å². The fraction of sp³-hybridized carbons (Fsp3) is 0.545. The van der Waals surface area contributed by atoms with Gasteiger partial charge in [0.05, 0.1) is 12.2 Å². The summed E-state index contributed by atoms with van der Waals surface area (Å²) in [5.74, 6) is -1.32. The minimum atomic E-state index is -4.93. The molecule has 0 radical (unpaired) electrons. The first-order valence-electron chi connectivity index (χ1n) is 9.98. The number of anilines is 1. The lowest BCUT2D eigenvalue weighted by atomic mass is 9.92. The lowest BCUT2D eigenvalue weighted by Crippen LogP contribution is -2.37. The second-order valence-corrected chi connectivity index (χ2v) is 8.89. The molecule has 3 rings (SSSR count). The predicted octanol–water partition coefficient (Wildman–Crippen LogP) is 5.18. The number of carbonyl (C=O) groups is 1. The zero-order valence-electron chi connectivity index (χ0n) is 17.8. The van der Waals surface area contributed by atoms with Crippen LogP contribution in [0.3, 0.4) is 0 Å². The van der Waals surface area contributed by atoms with Gasteiger partial charge in [0.25, 0.3) is 0 Å². The summed E-state index contributed by atoms with van der Waals surface area (Å²) in [4.78, 5) is 27.1. The second-order valence-electron chi connectivity index (χ2n) is 8.89. The first-order valence-corrected chi connectivity index (χ1v) is 9.98. The van der Waals surface area contributed by atoms with Crippen LogP contribution in [-0.2, 0) is 17.3 Å². The van der Waals surface area contributed by atoms with Gasteiger partial charge in [0.2, 0.25) is 0 Å². The van der Waals surface area contributed by atoms with Crippen LogP contribution in [0.5, 0.6) is 0 Å². The Labute approximate surface area is 172 Å². The van der Waals surface area contributed by atoms with Gasteiger partial charge in [0, 0.05) is 29.2 Å². The molecule has 0 saturated carbocycles. The van der Waals surface area contributed by atoms with E-state index in [2.05, 4.69) is 4.90 Å². The molecule has 5 nitrogen and oxygen atoms in total. The monoisotopic (exact) mass is 425 g/mol. The summed E-state index contributed by atoms with van der Waals surface area (Å²) in [6, 6.07) is 3.11. The van der Waals surface area contributed by atoms with Crippen molar-refractivity contribution in [1.82, 2.24) is 0 Å². The second kappa shape index (κ2) is 7.63. The molecule has 30 heavy (non-hydrogen) atoms. The molecule has 0 bridgehead atoms. The number of nitrogens with zero attached hydrogens (tertiary/aromatic N) is 1. The molecular formula is C22H26F3NO4. The van der Waals surface area contributed by atoms with Crippen molar-refractivity contribution < 1.29 is 27.1 Å². The zero-order valence-corrected chi connectivity index (χ0v) is 17.8. The summed E-state index contributed by atoms with van der Waals surface area (Å²) in [5.41, 5.74) is -2.99. The molecular weight excluding hydrogens is 399 g/mol. The largest absolute Gasteiger partial charge is 0.461 e. The fourth-order valence-electron chi connectivity index (χ4n) is 3.88. The van der Waals surface area contributed by atoms with Gasteiger partial charge in [0.15, 0.2) is 5.56 Å². The number of hydrogen-bond acceptors (Lipinski definition) is 5. The molecule has 2 aromatic rings. The van der Waals surface area contributed by atoms with Crippen molar-refractivity contribution >= 4 is 22.6 Å². The highest BCUT2D eigenvalue weighted by Crippen LogP contribution is 2.41.